The number of esters is 1. The second kappa shape index (κ2) is 6.15. The van der Waals surface area contributed by atoms with E-state index in [1.165, 1.54) is 0 Å². The Morgan fingerprint density at radius 1 is 1.59 bits per heavy atom. The van der Waals surface area contributed by atoms with Crippen molar-refractivity contribution in [2.24, 2.45) is 5.73 Å². The lowest BCUT2D eigenvalue weighted by molar-refractivity contribution is -0.140. The molecule has 0 amide bonds. The predicted octanol–water partition coefficient (Wildman–Crippen LogP) is 0.999. The number of pyridine rings is 1. The van der Waals surface area contributed by atoms with Gasteiger partial charge in [-0.25, -0.2) is 4.98 Å². The number of rotatable bonds is 5. The summed E-state index contributed by atoms with van der Waals surface area (Å²) >= 11 is 4.89. The summed E-state index contributed by atoms with van der Waals surface area (Å²) in [5.41, 5.74) is 7.04. The number of hydrogen-bond donors (Lipinski definition) is 2. The van der Waals surface area contributed by atoms with Gasteiger partial charge in [0.15, 0.2) is 0 Å². The van der Waals surface area contributed by atoms with Crippen molar-refractivity contribution in [1.82, 2.24) is 4.98 Å². The Labute approximate surface area is 105 Å². The number of aryl methyl sites for hydroxylation is 1. The first-order chi connectivity index (χ1) is 8.02. The summed E-state index contributed by atoms with van der Waals surface area (Å²) in [4.78, 5) is 15.7. The van der Waals surface area contributed by atoms with E-state index >= 15 is 0 Å². The van der Waals surface area contributed by atoms with Gasteiger partial charge in [0.25, 0.3) is 0 Å². The zero-order valence-corrected chi connectivity index (χ0v) is 10.6. The highest BCUT2D eigenvalue weighted by atomic mass is 32.1. The van der Waals surface area contributed by atoms with Gasteiger partial charge in [-0.05, 0) is 26.0 Å². The average Bonchev–Trinajstić information content (AvgIpc) is 2.26. The number of thiocarbonyl (C=S) groups is 1. The second-order valence-corrected chi connectivity index (χ2v) is 3.85. The molecule has 0 saturated heterocycles. The van der Waals surface area contributed by atoms with E-state index in [1.54, 1.807) is 19.1 Å². The van der Waals surface area contributed by atoms with Crippen molar-refractivity contribution in [1.29, 1.82) is 0 Å². The van der Waals surface area contributed by atoms with E-state index in [0.29, 0.717) is 17.4 Å². The van der Waals surface area contributed by atoms with Gasteiger partial charge in [-0.2, -0.15) is 0 Å². The van der Waals surface area contributed by atoms with Crippen LogP contribution in [0, 0.1) is 6.92 Å². The van der Waals surface area contributed by atoms with Crippen molar-refractivity contribution in [3.8, 4) is 0 Å². The third kappa shape index (κ3) is 4.36. The molecule has 3 N–H and O–H groups in total. The Bertz CT molecular complexity index is 435. The molecule has 0 aliphatic carbocycles. The maximum Gasteiger partial charge on any atom is 0.325 e. The van der Waals surface area contributed by atoms with Crippen molar-refractivity contribution in [2.45, 2.75) is 13.8 Å². The average molecular weight is 253 g/mol. The first-order valence-corrected chi connectivity index (χ1v) is 5.61. The van der Waals surface area contributed by atoms with E-state index in [0.717, 1.165) is 11.3 Å². The lowest BCUT2D eigenvalue weighted by atomic mass is 10.2. The minimum Gasteiger partial charge on any atom is -0.465 e. The molecular weight excluding hydrogens is 238 g/mol. The Kier molecular flexibility index (Phi) is 4.84. The summed E-state index contributed by atoms with van der Waals surface area (Å²) in [6, 6.07) is 3.49. The monoisotopic (exact) mass is 253 g/mol. The molecule has 1 rings (SSSR count). The number of nitrogens with zero attached hydrogens (tertiary/aromatic N) is 1. The number of ether oxygens (including phenoxy) is 1. The van der Waals surface area contributed by atoms with E-state index in [-0.39, 0.29) is 12.5 Å². The van der Waals surface area contributed by atoms with Gasteiger partial charge in [-0.3, -0.25) is 4.79 Å². The molecule has 0 unspecified atom stereocenters. The van der Waals surface area contributed by atoms with Crippen molar-refractivity contribution < 1.29 is 9.53 Å². The zero-order chi connectivity index (χ0) is 12.8. The van der Waals surface area contributed by atoms with Gasteiger partial charge in [0.05, 0.1) is 6.61 Å². The topological polar surface area (TPSA) is 77.2 Å². The Balaban J connectivity index is 2.71. The molecule has 0 aromatic carbocycles. The van der Waals surface area contributed by atoms with Gasteiger partial charge >= 0.3 is 5.97 Å². The van der Waals surface area contributed by atoms with E-state index in [2.05, 4.69) is 10.3 Å². The van der Waals surface area contributed by atoms with Gasteiger partial charge in [0.1, 0.15) is 17.4 Å². The lowest BCUT2D eigenvalue weighted by Crippen LogP contribution is -2.18. The first kappa shape index (κ1) is 13.4. The van der Waals surface area contributed by atoms with Crippen LogP contribution in [0.5, 0.6) is 0 Å². The fourth-order valence-electron chi connectivity index (χ4n) is 1.28. The minimum absolute atomic E-state index is 0.0705. The number of nitrogens with one attached hydrogen (secondary N) is 1. The number of nitrogens with two attached hydrogens (primary N) is 1. The normalized spacial score (nSPS) is 9.76. The molecule has 0 fully saturated rings. The fourth-order valence-corrected chi connectivity index (χ4v) is 1.39. The van der Waals surface area contributed by atoms with Gasteiger partial charge in [-0.15, -0.1) is 0 Å². The van der Waals surface area contributed by atoms with E-state index in [4.69, 9.17) is 22.7 Å². The molecule has 92 valence electrons. The van der Waals surface area contributed by atoms with Crippen LogP contribution >= 0.6 is 12.2 Å². The molecule has 6 heteroatoms. The van der Waals surface area contributed by atoms with Crippen LogP contribution in [0.4, 0.5) is 5.82 Å². The number of hydrogen-bond acceptors (Lipinski definition) is 5. The molecule has 0 bridgehead atoms. The summed E-state index contributed by atoms with van der Waals surface area (Å²) in [5, 5.41) is 2.86. The first-order valence-electron chi connectivity index (χ1n) is 5.21. The molecule has 1 heterocycles. The van der Waals surface area contributed by atoms with Crippen LogP contribution in [0.15, 0.2) is 12.1 Å². The summed E-state index contributed by atoms with van der Waals surface area (Å²) < 4.78 is 4.79. The molecule has 17 heavy (non-hydrogen) atoms. The van der Waals surface area contributed by atoms with Gasteiger partial charge < -0.3 is 15.8 Å². The summed E-state index contributed by atoms with van der Waals surface area (Å²) in [6.07, 6.45) is 0. The standard InChI is InChI=1S/C11H15N3O2S/c1-3-16-10(15)6-13-9-5-8(11(12)17)4-7(2)14-9/h4-5H,3,6H2,1-2H3,(H2,12,17)(H,13,14). The summed E-state index contributed by atoms with van der Waals surface area (Å²) in [5.74, 6) is 0.230. The van der Waals surface area contributed by atoms with E-state index in [1.807, 2.05) is 6.92 Å². The molecule has 0 radical (unpaired) electrons. The summed E-state index contributed by atoms with van der Waals surface area (Å²) in [7, 11) is 0. The minimum atomic E-state index is -0.326. The summed E-state index contributed by atoms with van der Waals surface area (Å²) in [6.45, 7) is 4.02. The number of aromatic nitrogens is 1. The maximum atomic E-state index is 11.2. The molecule has 1 aromatic rings. The highest BCUT2D eigenvalue weighted by Crippen LogP contribution is 2.09. The van der Waals surface area contributed by atoms with Gasteiger partial charge in [0, 0.05) is 11.3 Å². The molecule has 1 aromatic heterocycles. The third-order valence-electron chi connectivity index (χ3n) is 1.96. The maximum absolute atomic E-state index is 11.2. The number of carbonyl (C=O) groups excluding carboxylic acids is 1. The molecule has 5 nitrogen and oxygen atoms in total. The number of carbonyl (C=O) groups is 1. The van der Waals surface area contributed by atoms with Crippen LogP contribution in [0.2, 0.25) is 0 Å². The smallest absolute Gasteiger partial charge is 0.325 e. The van der Waals surface area contributed by atoms with Crippen molar-refractivity contribution in [2.75, 3.05) is 18.5 Å². The molecular formula is C11H15N3O2S. The van der Waals surface area contributed by atoms with Crippen molar-refractivity contribution in [3.63, 3.8) is 0 Å². The Morgan fingerprint density at radius 3 is 2.88 bits per heavy atom. The number of anilines is 1. The third-order valence-corrected chi connectivity index (χ3v) is 2.19. The van der Waals surface area contributed by atoms with E-state index < -0.39 is 0 Å². The highest BCUT2D eigenvalue weighted by Gasteiger charge is 2.05. The van der Waals surface area contributed by atoms with E-state index in [9.17, 15) is 4.79 Å². The molecule has 0 aliphatic rings. The van der Waals surface area contributed by atoms with Crippen molar-refractivity contribution in [3.05, 3.63) is 23.4 Å². The van der Waals surface area contributed by atoms with Crippen LogP contribution in [-0.2, 0) is 9.53 Å². The van der Waals surface area contributed by atoms with Crippen molar-refractivity contribution >= 4 is 29.0 Å². The molecule has 0 aliphatic heterocycles. The second-order valence-electron chi connectivity index (χ2n) is 3.41. The quantitative estimate of drug-likeness (QED) is 0.602. The predicted molar refractivity (Wildman–Crippen MR) is 70.0 cm³/mol. The molecule has 0 atom stereocenters. The SMILES string of the molecule is CCOC(=O)CNc1cc(C(N)=S)cc(C)n1. The van der Waals surface area contributed by atoms with Crippen LogP contribution in [0.3, 0.4) is 0 Å². The Morgan fingerprint density at radius 2 is 2.29 bits per heavy atom. The molecule has 0 saturated carbocycles. The van der Waals surface area contributed by atoms with Gasteiger partial charge in [0.2, 0.25) is 0 Å². The Hall–Kier alpha value is -1.69. The van der Waals surface area contributed by atoms with Crippen LogP contribution in [0.25, 0.3) is 0 Å². The lowest BCUT2D eigenvalue weighted by Gasteiger charge is -2.08. The molecule has 0 spiro atoms. The largest absolute Gasteiger partial charge is 0.465 e. The fraction of sp³-hybridized carbons (Fsp3) is 0.364. The van der Waals surface area contributed by atoms with Crippen LogP contribution in [0.1, 0.15) is 18.2 Å². The van der Waals surface area contributed by atoms with Crippen LogP contribution in [-0.4, -0.2) is 29.1 Å². The van der Waals surface area contributed by atoms with Gasteiger partial charge in [-0.1, -0.05) is 12.2 Å². The highest BCUT2D eigenvalue weighted by molar-refractivity contribution is 7.80. The van der Waals surface area contributed by atoms with Crippen LogP contribution < -0.4 is 11.1 Å². The zero-order valence-electron chi connectivity index (χ0n) is 9.82.